The molecule has 5 nitrogen and oxygen atoms in total. The van der Waals surface area contributed by atoms with E-state index in [-0.39, 0.29) is 11.3 Å². The van der Waals surface area contributed by atoms with Crippen LogP contribution in [0.4, 0.5) is 0 Å². The Bertz CT molecular complexity index is 968. The molecule has 0 aliphatic heterocycles. The van der Waals surface area contributed by atoms with Crippen molar-refractivity contribution in [2.45, 2.75) is 65.5 Å². The first-order chi connectivity index (χ1) is 14.4. The Labute approximate surface area is 179 Å². The number of imidazole rings is 1. The number of benzene rings is 2. The van der Waals surface area contributed by atoms with Crippen molar-refractivity contribution in [2.24, 2.45) is 0 Å². The molecule has 0 saturated heterocycles. The molecule has 1 N–H and O–H groups in total. The molecule has 1 amide bonds. The number of fused-ring (bicyclic) bond motifs is 1. The number of aryl methyl sites for hydroxylation is 1. The topological polar surface area (TPSA) is 56.2 Å². The lowest BCUT2D eigenvalue weighted by molar-refractivity contribution is -0.121. The van der Waals surface area contributed by atoms with Gasteiger partial charge in [0.2, 0.25) is 5.91 Å². The lowest BCUT2D eigenvalue weighted by Crippen LogP contribution is -2.24. The molecule has 30 heavy (non-hydrogen) atoms. The minimum Gasteiger partial charge on any atom is -0.494 e. The Kier molecular flexibility index (Phi) is 7.14. The largest absolute Gasteiger partial charge is 0.494 e. The molecule has 1 aromatic heterocycles. The van der Waals surface area contributed by atoms with Crippen LogP contribution in [0.3, 0.4) is 0 Å². The van der Waals surface area contributed by atoms with Crippen molar-refractivity contribution in [3.8, 4) is 5.75 Å². The monoisotopic (exact) mass is 407 g/mol. The summed E-state index contributed by atoms with van der Waals surface area (Å²) in [6, 6.07) is 16.5. The van der Waals surface area contributed by atoms with Gasteiger partial charge < -0.3 is 14.6 Å². The van der Waals surface area contributed by atoms with E-state index in [4.69, 9.17) is 9.72 Å². The molecular formula is C25H33N3O2. The number of carbonyl (C=O) groups excluding carboxylic acids is 1. The molecule has 0 atom stereocenters. The number of amides is 1. The van der Waals surface area contributed by atoms with Crippen molar-refractivity contribution in [3.63, 3.8) is 0 Å². The Balaban J connectivity index is 1.60. The highest BCUT2D eigenvalue weighted by Crippen LogP contribution is 2.24. The fraction of sp³-hybridized carbons (Fsp3) is 0.440. The zero-order chi connectivity index (χ0) is 21.6. The highest BCUT2D eigenvalue weighted by atomic mass is 16.5. The number of rotatable bonds is 9. The zero-order valence-electron chi connectivity index (χ0n) is 18.6. The van der Waals surface area contributed by atoms with Gasteiger partial charge in [0, 0.05) is 13.0 Å². The molecule has 2 aromatic carbocycles. The minimum atomic E-state index is 0.0677. The quantitative estimate of drug-likeness (QED) is 0.495. The number of nitrogens with one attached hydrogen (secondary N) is 1. The van der Waals surface area contributed by atoms with Crippen molar-refractivity contribution in [2.75, 3.05) is 6.61 Å². The first-order valence-electron chi connectivity index (χ1n) is 10.8. The van der Waals surface area contributed by atoms with E-state index in [9.17, 15) is 4.79 Å². The Morgan fingerprint density at radius 2 is 1.83 bits per heavy atom. The molecule has 0 unspecified atom stereocenters. The van der Waals surface area contributed by atoms with E-state index < -0.39 is 0 Å². The van der Waals surface area contributed by atoms with Gasteiger partial charge in [0.15, 0.2) is 0 Å². The molecule has 1 heterocycles. The summed E-state index contributed by atoms with van der Waals surface area (Å²) in [5.41, 5.74) is 3.49. The van der Waals surface area contributed by atoms with Crippen molar-refractivity contribution >= 4 is 16.9 Å². The van der Waals surface area contributed by atoms with E-state index in [0.29, 0.717) is 19.6 Å². The fourth-order valence-electron chi connectivity index (χ4n) is 3.47. The Morgan fingerprint density at radius 1 is 1.10 bits per heavy atom. The van der Waals surface area contributed by atoms with Crippen LogP contribution in [0.2, 0.25) is 0 Å². The van der Waals surface area contributed by atoms with Crippen LogP contribution >= 0.6 is 0 Å². The summed E-state index contributed by atoms with van der Waals surface area (Å²) in [6.45, 7) is 10.5. The maximum atomic E-state index is 11.9. The summed E-state index contributed by atoms with van der Waals surface area (Å²) in [6.07, 6.45) is 2.25. The maximum Gasteiger partial charge on any atom is 0.220 e. The van der Waals surface area contributed by atoms with Gasteiger partial charge in [-0.15, -0.1) is 0 Å². The predicted octanol–water partition coefficient (Wildman–Crippen LogP) is 5.22. The van der Waals surface area contributed by atoms with Crippen LogP contribution in [0.25, 0.3) is 11.0 Å². The molecule has 0 fully saturated rings. The van der Waals surface area contributed by atoms with Crippen LogP contribution in [0.15, 0.2) is 48.5 Å². The maximum absolute atomic E-state index is 11.9. The van der Waals surface area contributed by atoms with Gasteiger partial charge in [0.05, 0.1) is 24.2 Å². The molecule has 3 rings (SSSR count). The van der Waals surface area contributed by atoms with Crippen LogP contribution in [0.5, 0.6) is 5.75 Å². The molecule has 0 bridgehead atoms. The first kappa shape index (κ1) is 21.9. The van der Waals surface area contributed by atoms with E-state index in [0.717, 1.165) is 42.0 Å². The lowest BCUT2D eigenvalue weighted by Gasteiger charge is -2.19. The minimum absolute atomic E-state index is 0.0677. The van der Waals surface area contributed by atoms with Crippen LogP contribution in [-0.2, 0) is 23.3 Å². The summed E-state index contributed by atoms with van der Waals surface area (Å²) < 4.78 is 8.14. The number of para-hydroxylation sites is 2. The van der Waals surface area contributed by atoms with Gasteiger partial charge in [-0.2, -0.15) is 0 Å². The van der Waals surface area contributed by atoms with Gasteiger partial charge in [-0.25, -0.2) is 4.98 Å². The second-order valence-corrected chi connectivity index (χ2v) is 8.67. The van der Waals surface area contributed by atoms with Gasteiger partial charge >= 0.3 is 0 Å². The molecule has 0 saturated carbocycles. The summed E-state index contributed by atoms with van der Waals surface area (Å²) in [5.74, 6) is 1.85. The average Bonchev–Trinajstić information content (AvgIpc) is 3.07. The van der Waals surface area contributed by atoms with Crippen molar-refractivity contribution < 1.29 is 9.53 Å². The molecular weight excluding hydrogens is 374 g/mol. The molecule has 0 radical (unpaired) electrons. The summed E-state index contributed by atoms with van der Waals surface area (Å²) in [5, 5.41) is 2.98. The van der Waals surface area contributed by atoms with E-state index in [1.54, 1.807) is 0 Å². The molecule has 5 heteroatoms. The summed E-state index contributed by atoms with van der Waals surface area (Å²) in [7, 11) is 0. The Morgan fingerprint density at radius 3 is 2.53 bits per heavy atom. The number of aromatic nitrogens is 2. The van der Waals surface area contributed by atoms with Crippen molar-refractivity contribution in [3.05, 3.63) is 59.9 Å². The lowest BCUT2D eigenvalue weighted by atomic mass is 9.87. The first-order valence-corrected chi connectivity index (χ1v) is 10.8. The second-order valence-electron chi connectivity index (χ2n) is 8.67. The highest BCUT2D eigenvalue weighted by Gasteiger charge is 2.13. The van der Waals surface area contributed by atoms with E-state index in [2.05, 4.69) is 48.9 Å². The third kappa shape index (κ3) is 5.62. The van der Waals surface area contributed by atoms with Gasteiger partial charge in [-0.3, -0.25) is 4.79 Å². The number of hydrogen-bond acceptors (Lipinski definition) is 3. The van der Waals surface area contributed by atoms with Gasteiger partial charge in [-0.1, -0.05) is 52.0 Å². The van der Waals surface area contributed by atoms with Crippen molar-refractivity contribution in [1.82, 2.24) is 14.9 Å². The van der Waals surface area contributed by atoms with Crippen molar-refractivity contribution in [1.29, 1.82) is 0 Å². The zero-order valence-corrected chi connectivity index (χ0v) is 18.6. The number of ether oxygens (including phenoxy) is 1. The predicted molar refractivity (Wildman–Crippen MR) is 122 cm³/mol. The molecule has 3 aromatic rings. The summed E-state index contributed by atoms with van der Waals surface area (Å²) in [4.78, 5) is 16.6. The average molecular weight is 408 g/mol. The molecule has 160 valence electrons. The van der Waals surface area contributed by atoms with Gasteiger partial charge in [-0.05, 0) is 48.1 Å². The molecule has 0 spiro atoms. The number of hydrogen-bond donors (Lipinski definition) is 1. The number of carbonyl (C=O) groups is 1. The van der Waals surface area contributed by atoms with Crippen LogP contribution in [0.1, 0.15) is 58.3 Å². The Hall–Kier alpha value is -2.82. The third-order valence-electron chi connectivity index (χ3n) is 5.17. The second kappa shape index (κ2) is 9.79. The molecule has 0 aliphatic carbocycles. The smallest absolute Gasteiger partial charge is 0.220 e. The van der Waals surface area contributed by atoms with Gasteiger partial charge in [0.25, 0.3) is 0 Å². The normalized spacial score (nSPS) is 11.6. The molecule has 0 aliphatic rings. The van der Waals surface area contributed by atoms with Crippen LogP contribution in [0, 0.1) is 0 Å². The summed E-state index contributed by atoms with van der Waals surface area (Å²) >= 11 is 0. The van der Waals surface area contributed by atoms with E-state index >= 15 is 0 Å². The van der Waals surface area contributed by atoms with Crippen LogP contribution in [-0.4, -0.2) is 22.1 Å². The van der Waals surface area contributed by atoms with E-state index in [1.165, 1.54) is 5.56 Å². The van der Waals surface area contributed by atoms with E-state index in [1.807, 2.05) is 37.3 Å². The third-order valence-corrected chi connectivity index (χ3v) is 5.17. The standard InChI is InChI=1S/C25H33N3O2/c1-5-9-24(29)26-18-23-27-21-10-6-7-11-22(21)28(23)16-8-17-30-20-14-12-19(13-15-20)25(2,3)4/h6-7,10-15H,5,8-9,16-18H2,1-4H3,(H,26,29). The highest BCUT2D eigenvalue weighted by molar-refractivity contribution is 5.77. The SMILES string of the molecule is CCCC(=O)NCc1nc2ccccc2n1CCCOc1ccc(C(C)(C)C)cc1. The van der Waals surface area contributed by atoms with Crippen LogP contribution < -0.4 is 10.1 Å². The fourth-order valence-corrected chi connectivity index (χ4v) is 3.47. The number of nitrogens with zero attached hydrogens (tertiary/aromatic N) is 2. The van der Waals surface area contributed by atoms with Gasteiger partial charge in [0.1, 0.15) is 11.6 Å².